The number of nitrogens with zero attached hydrogens (tertiary/aromatic N) is 2. The van der Waals surface area contributed by atoms with Gasteiger partial charge in [-0.1, -0.05) is 18.2 Å². The molecule has 0 spiro atoms. The predicted molar refractivity (Wildman–Crippen MR) is 105 cm³/mol. The maximum absolute atomic E-state index is 12.6. The smallest absolute Gasteiger partial charge is 0.354 e. The number of piperidine rings is 1. The van der Waals surface area contributed by atoms with Gasteiger partial charge in [0.05, 0.1) is 13.5 Å². The second-order valence-electron chi connectivity index (χ2n) is 6.85. The molecule has 0 atom stereocenters. The number of benzene rings is 1. The van der Waals surface area contributed by atoms with Gasteiger partial charge in [-0.2, -0.15) is 0 Å². The van der Waals surface area contributed by atoms with Crippen LogP contribution in [0, 0.1) is 0 Å². The van der Waals surface area contributed by atoms with E-state index in [9.17, 15) is 14.4 Å². The van der Waals surface area contributed by atoms with Crippen LogP contribution in [0.4, 0.5) is 0 Å². The van der Waals surface area contributed by atoms with E-state index in [1.54, 1.807) is 12.0 Å². The summed E-state index contributed by atoms with van der Waals surface area (Å²) in [6.45, 7) is 1.10. The topological polar surface area (TPSA) is 109 Å². The number of ether oxygens (including phenoxy) is 1. The van der Waals surface area contributed by atoms with Gasteiger partial charge in [0.15, 0.2) is 0 Å². The minimum atomic E-state index is -1.18. The van der Waals surface area contributed by atoms with Crippen molar-refractivity contribution in [1.82, 2.24) is 15.2 Å². The Hall–Kier alpha value is -3.42. The summed E-state index contributed by atoms with van der Waals surface area (Å²) < 4.78 is 5.30. The van der Waals surface area contributed by atoms with Gasteiger partial charge in [0.1, 0.15) is 11.4 Å². The minimum absolute atomic E-state index is 0.0273. The Morgan fingerprint density at radius 1 is 1.21 bits per heavy atom. The van der Waals surface area contributed by atoms with Crippen LogP contribution >= 0.6 is 0 Å². The van der Waals surface area contributed by atoms with Crippen molar-refractivity contribution < 1.29 is 24.2 Å². The van der Waals surface area contributed by atoms with Crippen molar-refractivity contribution in [3.63, 3.8) is 0 Å². The maximum Gasteiger partial charge on any atom is 0.354 e. The van der Waals surface area contributed by atoms with Crippen molar-refractivity contribution in [1.29, 1.82) is 0 Å². The summed E-state index contributed by atoms with van der Waals surface area (Å²) in [5, 5.41) is 11.9. The molecule has 0 aliphatic carbocycles. The molecule has 8 heteroatoms. The van der Waals surface area contributed by atoms with Gasteiger partial charge >= 0.3 is 5.97 Å². The van der Waals surface area contributed by atoms with E-state index in [-0.39, 0.29) is 35.5 Å². The number of carbonyl (C=O) groups is 3. The molecule has 0 radical (unpaired) electrons. The van der Waals surface area contributed by atoms with Crippen LogP contribution in [0.2, 0.25) is 0 Å². The summed E-state index contributed by atoms with van der Waals surface area (Å²) in [7, 11) is 1.58. The molecule has 8 nitrogen and oxygen atoms in total. The molecule has 152 valence electrons. The van der Waals surface area contributed by atoms with Crippen LogP contribution in [0.1, 0.15) is 39.3 Å². The quantitative estimate of drug-likeness (QED) is 0.769. The molecule has 2 N–H and O–H groups in total. The van der Waals surface area contributed by atoms with Gasteiger partial charge < -0.3 is 20.1 Å². The number of nitrogens with one attached hydrogen (secondary N) is 1. The fraction of sp³-hybridized carbons (Fsp3) is 0.333. The Labute approximate surface area is 168 Å². The van der Waals surface area contributed by atoms with Gasteiger partial charge in [0.2, 0.25) is 5.91 Å². The first-order valence-corrected chi connectivity index (χ1v) is 9.38. The number of methoxy groups -OCH3 is 1. The summed E-state index contributed by atoms with van der Waals surface area (Å²) >= 11 is 0. The number of hydrogen-bond donors (Lipinski definition) is 2. The number of likely N-dealkylation sites (tertiary alicyclic amines) is 1. The molecular formula is C21H23N3O5. The number of aromatic carboxylic acids is 1. The molecule has 0 bridgehead atoms. The van der Waals surface area contributed by atoms with Crippen molar-refractivity contribution in [2.24, 2.45) is 0 Å². The standard InChI is InChI=1S/C21H23N3O5/c1-29-18-5-3-2-4-14(18)13-19(25)24-10-7-16(8-11-24)23-20(26)15-6-9-22-17(12-15)21(27)28/h2-6,9,12,16H,7-8,10-11,13H2,1H3,(H,23,26)(H,27,28). The summed E-state index contributed by atoms with van der Waals surface area (Å²) in [6.07, 6.45) is 2.86. The van der Waals surface area contributed by atoms with Crippen molar-refractivity contribution in [2.45, 2.75) is 25.3 Å². The molecule has 1 aromatic heterocycles. The Morgan fingerprint density at radius 2 is 1.93 bits per heavy atom. The number of hydrogen-bond acceptors (Lipinski definition) is 5. The minimum Gasteiger partial charge on any atom is -0.496 e. The molecule has 0 unspecified atom stereocenters. The van der Waals surface area contributed by atoms with E-state index in [1.165, 1.54) is 18.3 Å². The van der Waals surface area contributed by atoms with E-state index in [0.29, 0.717) is 31.7 Å². The highest BCUT2D eigenvalue weighted by molar-refractivity contribution is 5.96. The number of carbonyl (C=O) groups excluding carboxylic acids is 2. The molecule has 2 heterocycles. The Kier molecular flexibility index (Phi) is 6.43. The molecule has 2 aromatic rings. The molecule has 0 saturated carbocycles. The van der Waals surface area contributed by atoms with Gasteiger partial charge in [-0.15, -0.1) is 0 Å². The number of aromatic nitrogens is 1. The number of rotatable bonds is 6. The third kappa shape index (κ3) is 5.10. The third-order valence-corrected chi connectivity index (χ3v) is 4.96. The second-order valence-corrected chi connectivity index (χ2v) is 6.85. The lowest BCUT2D eigenvalue weighted by Gasteiger charge is -2.32. The Bertz CT molecular complexity index is 907. The lowest BCUT2D eigenvalue weighted by atomic mass is 10.0. The molecule has 29 heavy (non-hydrogen) atoms. The van der Waals surface area contributed by atoms with Gasteiger partial charge in [-0.3, -0.25) is 9.59 Å². The van der Waals surface area contributed by atoms with Crippen molar-refractivity contribution in [2.75, 3.05) is 20.2 Å². The third-order valence-electron chi connectivity index (χ3n) is 4.96. The molecule has 1 fully saturated rings. The first-order chi connectivity index (χ1) is 14.0. The average Bonchev–Trinajstić information content (AvgIpc) is 2.74. The summed E-state index contributed by atoms with van der Waals surface area (Å²) in [5.41, 5.74) is 0.934. The zero-order chi connectivity index (χ0) is 20.8. The van der Waals surface area contributed by atoms with Crippen LogP contribution in [0.3, 0.4) is 0 Å². The van der Waals surface area contributed by atoms with Crippen LogP contribution in [0.25, 0.3) is 0 Å². The van der Waals surface area contributed by atoms with Gasteiger partial charge in [-0.25, -0.2) is 9.78 Å². The van der Waals surface area contributed by atoms with Crippen LogP contribution in [0.15, 0.2) is 42.6 Å². The molecular weight excluding hydrogens is 374 g/mol. The Balaban J connectivity index is 1.52. The largest absolute Gasteiger partial charge is 0.496 e. The van der Waals surface area contributed by atoms with Crippen LogP contribution in [-0.4, -0.2) is 59.0 Å². The van der Waals surface area contributed by atoms with Crippen LogP contribution in [-0.2, 0) is 11.2 Å². The van der Waals surface area contributed by atoms with E-state index in [4.69, 9.17) is 9.84 Å². The van der Waals surface area contributed by atoms with Crippen LogP contribution in [0.5, 0.6) is 5.75 Å². The monoisotopic (exact) mass is 397 g/mol. The predicted octanol–water partition coefficient (Wildman–Crippen LogP) is 1.75. The van der Waals surface area contributed by atoms with E-state index in [2.05, 4.69) is 10.3 Å². The molecule has 1 saturated heterocycles. The highest BCUT2D eigenvalue weighted by Gasteiger charge is 2.25. The number of carboxylic acid groups (broad SMARTS) is 1. The lowest BCUT2D eigenvalue weighted by Crippen LogP contribution is -2.47. The Morgan fingerprint density at radius 3 is 2.62 bits per heavy atom. The highest BCUT2D eigenvalue weighted by atomic mass is 16.5. The van der Waals surface area contributed by atoms with E-state index in [0.717, 1.165) is 5.56 Å². The zero-order valence-electron chi connectivity index (χ0n) is 16.1. The fourth-order valence-corrected chi connectivity index (χ4v) is 3.35. The van der Waals surface area contributed by atoms with Crippen molar-refractivity contribution in [3.8, 4) is 5.75 Å². The number of amides is 2. The zero-order valence-corrected chi connectivity index (χ0v) is 16.1. The lowest BCUT2D eigenvalue weighted by molar-refractivity contribution is -0.131. The maximum atomic E-state index is 12.6. The number of para-hydroxylation sites is 1. The van der Waals surface area contributed by atoms with E-state index in [1.807, 2.05) is 24.3 Å². The van der Waals surface area contributed by atoms with E-state index >= 15 is 0 Å². The fourth-order valence-electron chi connectivity index (χ4n) is 3.35. The normalized spacial score (nSPS) is 14.3. The second kappa shape index (κ2) is 9.18. The van der Waals surface area contributed by atoms with Crippen molar-refractivity contribution >= 4 is 17.8 Å². The summed E-state index contributed by atoms with van der Waals surface area (Å²) in [4.78, 5) is 41.5. The van der Waals surface area contributed by atoms with Gasteiger partial charge in [0, 0.05) is 36.5 Å². The number of carboxylic acids is 1. The highest BCUT2D eigenvalue weighted by Crippen LogP contribution is 2.20. The van der Waals surface area contributed by atoms with Gasteiger partial charge in [-0.05, 0) is 31.0 Å². The van der Waals surface area contributed by atoms with Crippen molar-refractivity contribution in [3.05, 3.63) is 59.4 Å². The van der Waals surface area contributed by atoms with Gasteiger partial charge in [0.25, 0.3) is 5.91 Å². The number of pyridine rings is 1. The first-order valence-electron chi connectivity index (χ1n) is 9.38. The molecule has 1 aliphatic rings. The molecule has 1 aromatic carbocycles. The van der Waals surface area contributed by atoms with E-state index < -0.39 is 5.97 Å². The average molecular weight is 397 g/mol. The summed E-state index contributed by atoms with van der Waals surface area (Å²) in [5.74, 6) is -0.796. The molecule has 3 rings (SSSR count). The van der Waals surface area contributed by atoms with Crippen LogP contribution < -0.4 is 10.1 Å². The molecule has 2 amide bonds. The first kappa shape index (κ1) is 20.3. The molecule has 1 aliphatic heterocycles. The SMILES string of the molecule is COc1ccccc1CC(=O)N1CCC(NC(=O)c2ccnc(C(=O)O)c2)CC1. The summed E-state index contributed by atoms with van der Waals surface area (Å²) in [6, 6.07) is 10.1.